The maximum Gasteiger partial charge on any atom is 0.419 e. The molecule has 0 heterocycles. The summed E-state index contributed by atoms with van der Waals surface area (Å²) in [4.78, 5) is -0.412. The normalized spacial score (nSPS) is 12.3. The van der Waals surface area contributed by atoms with Crippen LogP contribution < -0.4 is 4.72 Å². The summed E-state index contributed by atoms with van der Waals surface area (Å²) in [7, 11) is -4.30. The van der Waals surface area contributed by atoms with Crippen molar-refractivity contribution in [2.45, 2.75) is 11.1 Å². The van der Waals surface area contributed by atoms with Gasteiger partial charge in [0.15, 0.2) is 0 Å². The second-order valence-electron chi connectivity index (χ2n) is 4.37. The minimum Gasteiger partial charge on any atom is -0.280 e. The van der Waals surface area contributed by atoms with Gasteiger partial charge < -0.3 is 0 Å². The topological polar surface area (TPSA) is 46.2 Å². The van der Waals surface area contributed by atoms with E-state index in [1.807, 2.05) is 4.72 Å². The molecule has 2 rings (SSSR count). The molecule has 10 heteroatoms. The van der Waals surface area contributed by atoms with Gasteiger partial charge in [0.25, 0.3) is 10.0 Å². The van der Waals surface area contributed by atoms with E-state index in [1.165, 1.54) is 12.1 Å². The summed E-state index contributed by atoms with van der Waals surface area (Å²) in [5, 5.41) is -0.0927. The van der Waals surface area contributed by atoms with Gasteiger partial charge in [-0.05, 0) is 36.4 Å². The summed E-state index contributed by atoms with van der Waals surface area (Å²) in [6.45, 7) is 0. The second kappa shape index (κ2) is 6.18. The Morgan fingerprint density at radius 1 is 1.00 bits per heavy atom. The molecule has 0 fully saturated rings. The van der Waals surface area contributed by atoms with Gasteiger partial charge in [-0.1, -0.05) is 23.2 Å². The van der Waals surface area contributed by atoms with Crippen molar-refractivity contribution in [3.05, 3.63) is 57.8 Å². The molecule has 23 heavy (non-hydrogen) atoms. The third kappa shape index (κ3) is 4.07. The monoisotopic (exact) mass is 387 g/mol. The number of nitrogens with one attached hydrogen (secondary N) is 1. The van der Waals surface area contributed by atoms with Crippen LogP contribution in [0.1, 0.15) is 5.56 Å². The quantitative estimate of drug-likeness (QED) is 0.757. The molecule has 0 aliphatic carbocycles. The number of hydrogen-bond donors (Lipinski definition) is 1. The predicted octanol–water partition coefficient (Wildman–Crippen LogP) is 4.95. The van der Waals surface area contributed by atoms with Crippen molar-refractivity contribution in [2.75, 3.05) is 4.72 Å². The highest BCUT2D eigenvalue weighted by atomic mass is 35.5. The number of halogens is 6. The average Bonchev–Trinajstić information content (AvgIpc) is 2.42. The van der Waals surface area contributed by atoms with Crippen molar-refractivity contribution in [1.29, 1.82) is 0 Å². The summed E-state index contributed by atoms with van der Waals surface area (Å²) in [5.41, 5.74) is -2.05. The van der Waals surface area contributed by atoms with Gasteiger partial charge in [-0.25, -0.2) is 12.8 Å². The van der Waals surface area contributed by atoms with Crippen LogP contribution in [0.3, 0.4) is 0 Å². The molecular weight excluding hydrogens is 381 g/mol. The maximum atomic E-state index is 13.2. The van der Waals surface area contributed by atoms with Crippen LogP contribution in [-0.2, 0) is 16.2 Å². The summed E-state index contributed by atoms with van der Waals surface area (Å²) in [6.07, 6.45) is -4.96. The fraction of sp³-hybridized carbons (Fsp3) is 0.0769. The van der Waals surface area contributed by atoms with Crippen molar-refractivity contribution in [2.24, 2.45) is 0 Å². The van der Waals surface area contributed by atoms with Crippen LogP contribution in [0.15, 0.2) is 41.3 Å². The van der Waals surface area contributed by atoms with Crippen molar-refractivity contribution >= 4 is 38.9 Å². The third-order valence-electron chi connectivity index (χ3n) is 2.71. The molecule has 0 bridgehead atoms. The number of hydrogen-bond acceptors (Lipinski definition) is 2. The molecule has 0 atom stereocenters. The lowest BCUT2D eigenvalue weighted by Gasteiger charge is -2.13. The van der Waals surface area contributed by atoms with E-state index in [-0.39, 0.29) is 10.0 Å². The van der Waals surface area contributed by atoms with E-state index in [0.29, 0.717) is 12.1 Å². The zero-order valence-corrected chi connectivity index (χ0v) is 13.3. The minimum absolute atomic E-state index is 0.0739. The smallest absolute Gasteiger partial charge is 0.280 e. The van der Waals surface area contributed by atoms with E-state index >= 15 is 0 Å². The third-order valence-corrected chi connectivity index (χ3v) is 4.80. The van der Waals surface area contributed by atoms with Gasteiger partial charge in [0.2, 0.25) is 0 Å². The summed E-state index contributed by atoms with van der Waals surface area (Å²) in [6, 6.07) is 5.35. The Balaban J connectivity index is 2.44. The van der Waals surface area contributed by atoms with Gasteiger partial charge in [0.05, 0.1) is 10.6 Å². The Labute approximate surface area is 138 Å². The van der Waals surface area contributed by atoms with Crippen LogP contribution in [0.25, 0.3) is 0 Å². The molecule has 0 aliphatic heterocycles. The second-order valence-corrected chi connectivity index (χ2v) is 6.87. The van der Waals surface area contributed by atoms with Crippen LogP contribution in [0, 0.1) is 5.82 Å². The number of rotatable bonds is 3. The molecule has 124 valence electrons. The van der Waals surface area contributed by atoms with E-state index in [0.717, 1.165) is 12.1 Å². The predicted molar refractivity (Wildman–Crippen MR) is 78.7 cm³/mol. The van der Waals surface area contributed by atoms with Crippen molar-refractivity contribution in [1.82, 2.24) is 0 Å². The molecule has 0 amide bonds. The van der Waals surface area contributed by atoms with E-state index in [4.69, 9.17) is 23.2 Å². The highest BCUT2D eigenvalue weighted by Crippen LogP contribution is 2.34. The molecule has 0 saturated carbocycles. The first-order valence-corrected chi connectivity index (χ1v) is 8.09. The minimum atomic E-state index is -4.96. The SMILES string of the molecule is O=S(=O)(Nc1ccc(F)c(C(F)(F)F)c1)c1cc(Cl)ccc1Cl. The molecule has 3 nitrogen and oxygen atoms in total. The summed E-state index contributed by atoms with van der Waals surface area (Å²) in [5.74, 6) is -1.51. The zero-order valence-electron chi connectivity index (χ0n) is 11.0. The molecule has 0 radical (unpaired) electrons. The molecule has 1 N–H and O–H groups in total. The van der Waals surface area contributed by atoms with Gasteiger partial charge in [-0.3, -0.25) is 4.72 Å². The van der Waals surface area contributed by atoms with E-state index in [9.17, 15) is 26.0 Å². The molecule has 0 spiro atoms. The molecule has 2 aromatic rings. The molecule has 2 aromatic carbocycles. The fourth-order valence-corrected chi connectivity index (χ4v) is 3.51. The number of alkyl halides is 3. The first-order valence-electron chi connectivity index (χ1n) is 5.85. The lowest BCUT2D eigenvalue weighted by atomic mass is 10.2. The number of benzene rings is 2. The average molecular weight is 388 g/mol. The Morgan fingerprint density at radius 2 is 1.65 bits per heavy atom. The standard InChI is InChI=1S/C13H7Cl2F4NO2S/c14-7-1-3-10(15)12(5-7)23(21,22)20-8-2-4-11(16)9(6-8)13(17,18)19/h1-6,20H. The van der Waals surface area contributed by atoms with Crippen molar-refractivity contribution in [3.63, 3.8) is 0 Å². The van der Waals surface area contributed by atoms with Gasteiger partial charge >= 0.3 is 6.18 Å². The maximum absolute atomic E-state index is 13.2. The lowest BCUT2D eigenvalue weighted by molar-refractivity contribution is -0.139. The van der Waals surface area contributed by atoms with E-state index < -0.39 is 38.2 Å². The van der Waals surface area contributed by atoms with E-state index in [2.05, 4.69) is 0 Å². The Morgan fingerprint density at radius 3 is 2.26 bits per heavy atom. The number of anilines is 1. The van der Waals surface area contributed by atoms with Crippen LogP contribution in [-0.4, -0.2) is 8.42 Å². The van der Waals surface area contributed by atoms with Crippen LogP contribution in [0.5, 0.6) is 0 Å². The Bertz CT molecular complexity index is 854. The van der Waals surface area contributed by atoms with Gasteiger partial charge in [-0.15, -0.1) is 0 Å². The highest BCUT2D eigenvalue weighted by molar-refractivity contribution is 7.92. The zero-order chi connectivity index (χ0) is 17.4. The van der Waals surface area contributed by atoms with Crippen molar-refractivity contribution < 1.29 is 26.0 Å². The van der Waals surface area contributed by atoms with Crippen LogP contribution in [0.4, 0.5) is 23.2 Å². The number of sulfonamides is 1. The van der Waals surface area contributed by atoms with Crippen molar-refractivity contribution in [3.8, 4) is 0 Å². The molecular formula is C13H7Cl2F4NO2S. The van der Waals surface area contributed by atoms with Gasteiger partial charge in [-0.2, -0.15) is 13.2 Å². The van der Waals surface area contributed by atoms with Crippen LogP contribution in [0.2, 0.25) is 10.0 Å². The molecule has 0 aromatic heterocycles. The van der Waals surface area contributed by atoms with Gasteiger partial charge in [0.1, 0.15) is 10.7 Å². The summed E-state index contributed by atoms with van der Waals surface area (Å²) < 4.78 is 77.4. The van der Waals surface area contributed by atoms with Gasteiger partial charge in [0, 0.05) is 10.7 Å². The Kier molecular flexibility index (Phi) is 4.79. The largest absolute Gasteiger partial charge is 0.419 e. The van der Waals surface area contributed by atoms with E-state index in [1.54, 1.807) is 0 Å². The highest BCUT2D eigenvalue weighted by Gasteiger charge is 2.34. The first-order chi connectivity index (χ1) is 10.5. The molecule has 0 aliphatic rings. The fourth-order valence-electron chi connectivity index (χ4n) is 1.70. The lowest BCUT2D eigenvalue weighted by Crippen LogP contribution is -2.15. The molecule has 0 unspecified atom stereocenters. The first kappa shape index (κ1) is 17.8. The Hall–Kier alpha value is -1.51. The summed E-state index contributed by atoms with van der Waals surface area (Å²) >= 11 is 11.4. The molecule has 0 saturated heterocycles. The van der Waals surface area contributed by atoms with Crippen LogP contribution >= 0.6 is 23.2 Å².